The summed E-state index contributed by atoms with van der Waals surface area (Å²) in [6.45, 7) is 0. The molecular weight excluding hydrogens is 346 g/mol. The summed E-state index contributed by atoms with van der Waals surface area (Å²) in [4.78, 5) is 8.55. The third kappa shape index (κ3) is 4.68. The second-order valence-corrected chi connectivity index (χ2v) is 6.62. The first-order chi connectivity index (χ1) is 10.2. The molecule has 3 rings (SSSR count). The van der Waals surface area contributed by atoms with Crippen molar-refractivity contribution in [2.45, 2.75) is 0 Å². The number of aromatic nitrogens is 1. The van der Waals surface area contributed by atoms with Gasteiger partial charge in [-0.05, 0) is 29.1 Å². The van der Waals surface area contributed by atoms with Gasteiger partial charge in [0.1, 0.15) is 5.82 Å². The SMILES string of the molecule is Fc1cccc(N=Cc2cccc3cc[n-]c23)c1.[Cl][Ti][Cl]. The van der Waals surface area contributed by atoms with Crippen LogP contribution >= 0.6 is 18.6 Å². The predicted molar refractivity (Wildman–Crippen MR) is 82.6 cm³/mol. The number of benzene rings is 2. The van der Waals surface area contributed by atoms with E-state index in [9.17, 15) is 4.39 Å². The van der Waals surface area contributed by atoms with Gasteiger partial charge in [-0.3, -0.25) is 4.99 Å². The molecule has 2 aromatic carbocycles. The summed E-state index contributed by atoms with van der Waals surface area (Å²) in [7, 11) is 9.78. The van der Waals surface area contributed by atoms with Crippen molar-refractivity contribution in [1.29, 1.82) is 0 Å². The molecular formula is C15H10Cl2FN2Ti-. The minimum absolute atomic E-state index is 0.283. The van der Waals surface area contributed by atoms with E-state index in [2.05, 4.69) is 9.98 Å². The average Bonchev–Trinajstić information content (AvgIpc) is 2.95. The molecule has 0 spiro atoms. The Morgan fingerprint density at radius 3 is 2.62 bits per heavy atom. The van der Waals surface area contributed by atoms with E-state index in [1.54, 1.807) is 24.5 Å². The Kier molecular flexibility index (Phi) is 6.46. The summed E-state index contributed by atoms with van der Waals surface area (Å²) >= 11 is -0.556. The molecule has 0 atom stereocenters. The minimum atomic E-state index is -0.556. The zero-order valence-corrected chi connectivity index (χ0v) is 13.9. The summed E-state index contributed by atoms with van der Waals surface area (Å²) in [6.07, 6.45) is 3.48. The van der Waals surface area contributed by atoms with Crippen LogP contribution in [0.2, 0.25) is 0 Å². The van der Waals surface area contributed by atoms with Gasteiger partial charge in [-0.2, -0.15) is 6.20 Å². The van der Waals surface area contributed by atoms with Crippen LogP contribution in [0.25, 0.3) is 10.9 Å². The molecule has 0 aliphatic rings. The Balaban J connectivity index is 0.000000497. The first kappa shape index (κ1) is 16.2. The molecule has 0 aliphatic carbocycles. The molecule has 1 heterocycles. The van der Waals surface area contributed by atoms with E-state index < -0.39 is 17.0 Å². The van der Waals surface area contributed by atoms with Gasteiger partial charge in [-0.1, -0.05) is 30.3 Å². The topological polar surface area (TPSA) is 26.5 Å². The average molecular weight is 356 g/mol. The number of fused-ring (bicyclic) bond motifs is 1. The monoisotopic (exact) mass is 355 g/mol. The normalized spacial score (nSPS) is 10.4. The van der Waals surface area contributed by atoms with Crippen LogP contribution in [0.1, 0.15) is 5.56 Å². The first-order valence-electron chi connectivity index (χ1n) is 6.01. The van der Waals surface area contributed by atoms with Crippen LogP contribution in [0.15, 0.2) is 59.7 Å². The van der Waals surface area contributed by atoms with Gasteiger partial charge in [-0.25, -0.2) is 4.39 Å². The second-order valence-electron chi connectivity index (χ2n) is 4.04. The summed E-state index contributed by atoms with van der Waals surface area (Å²) in [6, 6.07) is 14.1. The van der Waals surface area contributed by atoms with Gasteiger partial charge in [0.2, 0.25) is 0 Å². The maximum absolute atomic E-state index is 13.0. The summed E-state index contributed by atoms with van der Waals surface area (Å²) in [5, 5.41) is 1.08. The van der Waals surface area contributed by atoms with E-state index in [1.165, 1.54) is 12.1 Å². The van der Waals surface area contributed by atoms with E-state index in [0.717, 1.165) is 16.5 Å². The quantitative estimate of drug-likeness (QED) is 0.466. The molecule has 2 nitrogen and oxygen atoms in total. The fourth-order valence-electron chi connectivity index (χ4n) is 1.86. The van der Waals surface area contributed by atoms with Gasteiger partial charge in [0, 0.05) is 6.21 Å². The van der Waals surface area contributed by atoms with Gasteiger partial charge in [-0.15, -0.1) is 5.52 Å². The number of para-hydroxylation sites is 1. The number of halogens is 3. The second kappa shape index (κ2) is 8.35. The van der Waals surface area contributed by atoms with Crippen molar-refractivity contribution in [3.05, 3.63) is 66.1 Å². The predicted octanol–water partition coefficient (Wildman–Crippen LogP) is 5.06. The zero-order chi connectivity index (χ0) is 15.1. The molecule has 0 saturated carbocycles. The summed E-state index contributed by atoms with van der Waals surface area (Å²) in [5.41, 5.74) is 2.44. The van der Waals surface area contributed by atoms with E-state index in [4.69, 9.17) is 18.6 Å². The van der Waals surface area contributed by atoms with Crippen LogP contribution in [0.5, 0.6) is 0 Å². The van der Waals surface area contributed by atoms with Crippen molar-refractivity contribution >= 4 is 41.4 Å². The molecule has 1 aromatic heterocycles. The van der Waals surface area contributed by atoms with Crippen LogP contribution in [0.3, 0.4) is 0 Å². The van der Waals surface area contributed by atoms with Gasteiger partial charge in [0.15, 0.2) is 0 Å². The number of aliphatic imine (C=N–C) groups is 1. The van der Waals surface area contributed by atoms with Gasteiger partial charge in [0.05, 0.1) is 5.69 Å². The molecule has 0 N–H and O–H groups in total. The van der Waals surface area contributed by atoms with Crippen LogP contribution in [0.4, 0.5) is 10.1 Å². The Labute approximate surface area is 138 Å². The fraction of sp³-hybridized carbons (Fsp3) is 0. The Bertz CT molecular complexity index is 743. The molecule has 0 aliphatic heterocycles. The van der Waals surface area contributed by atoms with Crippen molar-refractivity contribution in [1.82, 2.24) is 4.98 Å². The summed E-state index contributed by atoms with van der Waals surface area (Å²) in [5.74, 6) is -0.283. The van der Waals surface area contributed by atoms with Crippen molar-refractivity contribution < 1.29 is 21.4 Å². The molecule has 0 radical (unpaired) electrons. The summed E-state index contributed by atoms with van der Waals surface area (Å²) < 4.78 is 13.0. The van der Waals surface area contributed by atoms with Gasteiger partial charge >= 0.3 is 35.6 Å². The Morgan fingerprint density at radius 2 is 1.86 bits per heavy atom. The third-order valence-corrected chi connectivity index (χ3v) is 2.72. The number of nitrogens with zero attached hydrogens (tertiary/aromatic N) is 2. The number of hydrogen-bond donors (Lipinski definition) is 0. The van der Waals surface area contributed by atoms with Gasteiger partial charge in [0.25, 0.3) is 0 Å². The molecule has 106 valence electrons. The van der Waals surface area contributed by atoms with Crippen molar-refractivity contribution in [2.24, 2.45) is 4.99 Å². The third-order valence-electron chi connectivity index (χ3n) is 2.72. The van der Waals surface area contributed by atoms with Crippen molar-refractivity contribution in [3.8, 4) is 0 Å². The molecule has 0 amide bonds. The fourth-order valence-corrected chi connectivity index (χ4v) is 1.86. The van der Waals surface area contributed by atoms with Crippen LogP contribution in [-0.2, 0) is 17.0 Å². The molecule has 0 bridgehead atoms. The Hall–Kier alpha value is -1.13. The molecule has 0 unspecified atom stereocenters. The van der Waals surface area contributed by atoms with Gasteiger partial charge < -0.3 is 4.98 Å². The van der Waals surface area contributed by atoms with Crippen molar-refractivity contribution in [3.63, 3.8) is 0 Å². The molecule has 0 saturated heterocycles. The first-order valence-corrected chi connectivity index (χ1v) is 10.3. The number of hydrogen-bond acceptors (Lipinski definition) is 1. The molecule has 0 fully saturated rings. The van der Waals surface area contributed by atoms with E-state index in [-0.39, 0.29) is 5.82 Å². The van der Waals surface area contributed by atoms with Crippen LogP contribution in [0, 0.1) is 5.82 Å². The Morgan fingerprint density at radius 1 is 1.10 bits per heavy atom. The standard InChI is InChI=1S/C15H10FN2.2ClH.Ti/c16-13-5-2-6-14(9-13)18-10-12-4-1-3-11-7-8-17-15(11)12;;;/h1-10H;2*1H;/q-1;;;+2/p-2. The van der Waals surface area contributed by atoms with Crippen LogP contribution in [-0.4, -0.2) is 6.21 Å². The van der Waals surface area contributed by atoms with Crippen LogP contribution < -0.4 is 4.98 Å². The molecule has 6 heteroatoms. The maximum atomic E-state index is 13.0. The van der Waals surface area contributed by atoms with Crippen molar-refractivity contribution in [2.75, 3.05) is 0 Å². The van der Waals surface area contributed by atoms with E-state index in [0.29, 0.717) is 5.69 Å². The zero-order valence-electron chi connectivity index (χ0n) is 10.8. The molecule has 3 aromatic rings. The number of rotatable bonds is 2. The van der Waals surface area contributed by atoms with E-state index >= 15 is 0 Å². The molecule has 21 heavy (non-hydrogen) atoms. The van der Waals surface area contributed by atoms with E-state index in [1.807, 2.05) is 24.3 Å².